The molecule has 0 atom stereocenters. The summed E-state index contributed by atoms with van der Waals surface area (Å²) in [6.07, 6.45) is 0. The van der Waals surface area contributed by atoms with E-state index in [2.05, 4.69) is 40.7 Å². The summed E-state index contributed by atoms with van der Waals surface area (Å²) in [7, 11) is 0. The van der Waals surface area contributed by atoms with Gasteiger partial charge in [0.1, 0.15) is 5.75 Å². The molecule has 0 spiro atoms. The Morgan fingerprint density at radius 3 is 2.39 bits per heavy atom. The summed E-state index contributed by atoms with van der Waals surface area (Å²) >= 11 is 0. The summed E-state index contributed by atoms with van der Waals surface area (Å²) < 4.78 is 7.56. The van der Waals surface area contributed by atoms with Crippen LogP contribution in [0, 0.1) is 13.8 Å². The van der Waals surface area contributed by atoms with Crippen molar-refractivity contribution in [3.63, 3.8) is 0 Å². The molecule has 5 nitrogen and oxygen atoms in total. The third-order valence-corrected chi connectivity index (χ3v) is 5.58. The van der Waals surface area contributed by atoms with Gasteiger partial charge in [-0.3, -0.25) is 9.69 Å². The fraction of sp³-hybridized carbons (Fsp3) is 0.348. The minimum atomic E-state index is 0.0159. The van der Waals surface area contributed by atoms with Gasteiger partial charge in [0.25, 0.3) is 0 Å². The first kappa shape index (κ1) is 18.7. The first-order valence-electron chi connectivity index (χ1n) is 9.71. The molecule has 2 heterocycles. The third kappa shape index (κ3) is 3.21. The number of aryl methyl sites for hydroxylation is 1. The lowest BCUT2D eigenvalue weighted by molar-refractivity contribution is 0.0340. The molecule has 5 heteroatoms. The summed E-state index contributed by atoms with van der Waals surface area (Å²) in [6, 6.07) is 11.9. The van der Waals surface area contributed by atoms with Crippen molar-refractivity contribution in [1.29, 1.82) is 0 Å². The highest BCUT2D eigenvalue weighted by molar-refractivity contribution is 6.10. The molecule has 1 aromatic heterocycles. The highest BCUT2D eigenvalue weighted by Gasteiger charge is 2.24. The van der Waals surface area contributed by atoms with Gasteiger partial charge < -0.3 is 14.4 Å². The van der Waals surface area contributed by atoms with Crippen LogP contribution in [0.5, 0.6) is 5.75 Å². The zero-order chi connectivity index (χ0) is 19.8. The van der Waals surface area contributed by atoms with Crippen LogP contribution < -0.4 is 0 Å². The van der Waals surface area contributed by atoms with Crippen LogP contribution in [0.1, 0.15) is 34.1 Å². The predicted molar refractivity (Wildman–Crippen MR) is 111 cm³/mol. The number of aromatic nitrogens is 1. The standard InChI is InChI=1S/C23H26N2O3/c1-15-4-6-18(7-5-15)25-16(2)22(17(3)26)23-19(21(27)9-8-20(23)25)14-24-10-12-28-13-11-24/h4-9,27H,10-14H2,1-3H3. The van der Waals surface area contributed by atoms with Crippen LogP contribution >= 0.6 is 0 Å². The van der Waals surface area contributed by atoms with Crippen LogP contribution in [0.15, 0.2) is 36.4 Å². The van der Waals surface area contributed by atoms with Gasteiger partial charge in [0, 0.05) is 47.5 Å². The Morgan fingerprint density at radius 2 is 1.75 bits per heavy atom. The minimum Gasteiger partial charge on any atom is -0.508 e. The molecule has 0 amide bonds. The van der Waals surface area contributed by atoms with Crippen molar-refractivity contribution >= 4 is 16.7 Å². The molecule has 0 unspecified atom stereocenters. The van der Waals surface area contributed by atoms with Crippen molar-refractivity contribution in [3.05, 3.63) is 58.8 Å². The monoisotopic (exact) mass is 378 g/mol. The quantitative estimate of drug-likeness (QED) is 0.698. The Hall–Kier alpha value is -2.63. The zero-order valence-electron chi connectivity index (χ0n) is 16.7. The number of phenolic OH excluding ortho intramolecular Hbond substituents is 1. The topological polar surface area (TPSA) is 54.7 Å². The molecule has 28 heavy (non-hydrogen) atoms. The molecule has 1 aliphatic rings. The van der Waals surface area contributed by atoms with Crippen molar-refractivity contribution in [1.82, 2.24) is 9.47 Å². The Kier molecular flexibility index (Phi) is 4.96. The number of fused-ring (bicyclic) bond motifs is 1. The normalized spacial score (nSPS) is 15.2. The van der Waals surface area contributed by atoms with Gasteiger partial charge in [0.15, 0.2) is 5.78 Å². The molecular weight excluding hydrogens is 352 g/mol. The molecule has 1 N–H and O–H groups in total. The average molecular weight is 378 g/mol. The number of phenols is 1. The number of aromatic hydroxyl groups is 1. The van der Waals surface area contributed by atoms with Crippen molar-refractivity contribution in [2.24, 2.45) is 0 Å². The van der Waals surface area contributed by atoms with E-state index in [-0.39, 0.29) is 11.5 Å². The number of benzene rings is 2. The molecule has 1 saturated heterocycles. The summed E-state index contributed by atoms with van der Waals surface area (Å²) in [5.41, 5.74) is 5.57. The van der Waals surface area contributed by atoms with Gasteiger partial charge >= 0.3 is 0 Å². The summed E-state index contributed by atoms with van der Waals surface area (Å²) in [5.74, 6) is 0.254. The van der Waals surface area contributed by atoms with E-state index in [9.17, 15) is 9.90 Å². The molecular formula is C23H26N2O3. The van der Waals surface area contributed by atoms with Crippen LogP contribution in [0.25, 0.3) is 16.6 Å². The summed E-state index contributed by atoms with van der Waals surface area (Å²) in [6.45, 7) is 9.27. The van der Waals surface area contributed by atoms with Gasteiger partial charge in [-0.15, -0.1) is 0 Å². The zero-order valence-corrected chi connectivity index (χ0v) is 16.7. The van der Waals surface area contributed by atoms with E-state index >= 15 is 0 Å². The molecule has 3 aromatic rings. The van der Waals surface area contributed by atoms with E-state index in [0.29, 0.717) is 25.3 Å². The van der Waals surface area contributed by atoms with Crippen molar-refractivity contribution < 1.29 is 14.6 Å². The van der Waals surface area contributed by atoms with E-state index in [4.69, 9.17) is 4.74 Å². The molecule has 1 fully saturated rings. The van der Waals surface area contributed by atoms with Crippen LogP contribution in [0.2, 0.25) is 0 Å². The second-order valence-corrected chi connectivity index (χ2v) is 7.53. The van der Waals surface area contributed by atoms with Crippen LogP contribution in [0.3, 0.4) is 0 Å². The maximum absolute atomic E-state index is 12.6. The Bertz CT molecular complexity index is 1030. The van der Waals surface area contributed by atoms with Gasteiger partial charge in [-0.25, -0.2) is 0 Å². The number of carbonyl (C=O) groups is 1. The first-order valence-corrected chi connectivity index (χ1v) is 9.71. The molecule has 4 rings (SSSR count). The first-order chi connectivity index (χ1) is 13.5. The molecule has 2 aromatic carbocycles. The van der Waals surface area contributed by atoms with Gasteiger partial charge in [0.05, 0.1) is 18.7 Å². The summed E-state index contributed by atoms with van der Waals surface area (Å²) in [5, 5.41) is 11.5. The number of morpholine rings is 1. The van der Waals surface area contributed by atoms with Crippen molar-refractivity contribution in [2.75, 3.05) is 26.3 Å². The van der Waals surface area contributed by atoms with Crippen molar-refractivity contribution in [3.8, 4) is 11.4 Å². The van der Waals surface area contributed by atoms with E-state index < -0.39 is 0 Å². The molecule has 1 aliphatic heterocycles. The molecule has 0 bridgehead atoms. The Morgan fingerprint density at radius 1 is 1.07 bits per heavy atom. The van der Waals surface area contributed by atoms with E-state index in [1.54, 1.807) is 13.0 Å². The van der Waals surface area contributed by atoms with Gasteiger partial charge in [-0.2, -0.15) is 0 Å². The number of rotatable bonds is 4. The lowest BCUT2D eigenvalue weighted by Crippen LogP contribution is -2.35. The Balaban J connectivity index is 1.95. The molecule has 146 valence electrons. The number of nitrogens with zero attached hydrogens (tertiary/aromatic N) is 2. The van der Waals surface area contributed by atoms with Crippen molar-refractivity contribution in [2.45, 2.75) is 27.3 Å². The summed E-state index contributed by atoms with van der Waals surface area (Å²) in [4.78, 5) is 14.9. The second-order valence-electron chi connectivity index (χ2n) is 7.53. The molecule has 0 radical (unpaired) electrons. The van der Waals surface area contributed by atoms with E-state index in [1.165, 1.54) is 5.56 Å². The van der Waals surface area contributed by atoms with E-state index in [0.717, 1.165) is 40.9 Å². The molecule has 0 saturated carbocycles. The highest BCUT2D eigenvalue weighted by Crippen LogP contribution is 2.37. The van der Waals surface area contributed by atoms with E-state index in [1.807, 2.05) is 13.0 Å². The maximum Gasteiger partial charge on any atom is 0.162 e. The Labute approximate surface area is 165 Å². The van der Waals surface area contributed by atoms with Gasteiger partial charge in [-0.05, 0) is 45.0 Å². The lowest BCUT2D eigenvalue weighted by Gasteiger charge is -2.27. The molecule has 0 aliphatic carbocycles. The fourth-order valence-corrected chi connectivity index (χ4v) is 4.16. The van der Waals surface area contributed by atoms with Gasteiger partial charge in [-0.1, -0.05) is 17.7 Å². The number of hydrogen-bond donors (Lipinski definition) is 1. The highest BCUT2D eigenvalue weighted by atomic mass is 16.5. The van der Waals surface area contributed by atoms with Crippen LogP contribution in [-0.4, -0.2) is 46.7 Å². The number of ketones is 1. The SMILES string of the molecule is CC(=O)c1c(C)n(-c2ccc(C)cc2)c2ccc(O)c(CN3CCOCC3)c12. The van der Waals surface area contributed by atoms with Crippen LogP contribution in [-0.2, 0) is 11.3 Å². The van der Waals surface area contributed by atoms with Gasteiger partial charge in [0.2, 0.25) is 0 Å². The second kappa shape index (κ2) is 7.41. The fourth-order valence-electron chi connectivity index (χ4n) is 4.16. The minimum absolute atomic E-state index is 0.0159. The number of ether oxygens (including phenoxy) is 1. The maximum atomic E-state index is 12.6. The number of Topliss-reactive ketones (excluding diaryl/α,β-unsaturated/α-hetero) is 1. The predicted octanol–water partition coefficient (Wildman–Crippen LogP) is 3.99. The number of hydrogen-bond acceptors (Lipinski definition) is 4. The third-order valence-electron chi connectivity index (χ3n) is 5.58. The average Bonchev–Trinajstić information content (AvgIpc) is 2.98. The smallest absolute Gasteiger partial charge is 0.162 e. The van der Waals surface area contributed by atoms with Crippen LogP contribution in [0.4, 0.5) is 0 Å². The number of carbonyl (C=O) groups excluding carboxylic acids is 1. The largest absolute Gasteiger partial charge is 0.508 e. The lowest BCUT2D eigenvalue weighted by atomic mass is 10.0.